The second-order valence-electron chi connectivity index (χ2n) is 5.31. The molecule has 0 spiro atoms. The van der Waals surface area contributed by atoms with Crippen molar-refractivity contribution in [3.8, 4) is 0 Å². The Morgan fingerprint density at radius 2 is 2.09 bits per heavy atom. The van der Waals surface area contributed by atoms with Gasteiger partial charge in [-0.25, -0.2) is 4.79 Å². The number of hydrogen-bond donors (Lipinski definition) is 1. The SMILES string of the molecule is CCOC(=O)/C(Cc1ccc(C(C)(C)c2ccco2)o1)=N\O. The van der Waals surface area contributed by atoms with Crippen LogP contribution in [0.1, 0.15) is 38.1 Å². The lowest BCUT2D eigenvalue weighted by Gasteiger charge is -2.19. The molecule has 2 heterocycles. The summed E-state index contributed by atoms with van der Waals surface area (Å²) in [6.45, 7) is 5.85. The van der Waals surface area contributed by atoms with Crippen LogP contribution in [-0.2, 0) is 21.4 Å². The van der Waals surface area contributed by atoms with Gasteiger partial charge in [-0.2, -0.15) is 0 Å². The van der Waals surface area contributed by atoms with Crippen LogP contribution in [0, 0.1) is 0 Å². The number of hydrogen-bond acceptors (Lipinski definition) is 6. The Morgan fingerprint density at radius 1 is 1.32 bits per heavy atom. The molecular weight excluding hydrogens is 286 g/mol. The first-order valence-electron chi connectivity index (χ1n) is 7.00. The zero-order valence-electron chi connectivity index (χ0n) is 12.8. The summed E-state index contributed by atoms with van der Waals surface area (Å²) in [5.41, 5.74) is -0.541. The van der Waals surface area contributed by atoms with Crippen LogP contribution in [0.25, 0.3) is 0 Å². The lowest BCUT2D eigenvalue weighted by atomic mass is 9.87. The highest BCUT2D eigenvalue weighted by molar-refractivity contribution is 6.36. The molecule has 0 bridgehead atoms. The Hall–Kier alpha value is -2.50. The minimum absolute atomic E-state index is 0.0591. The van der Waals surface area contributed by atoms with Gasteiger partial charge >= 0.3 is 5.97 Å². The van der Waals surface area contributed by atoms with Crippen molar-refractivity contribution >= 4 is 11.7 Å². The molecule has 2 rings (SSSR count). The highest BCUT2D eigenvalue weighted by atomic mass is 16.5. The summed E-state index contributed by atoms with van der Waals surface area (Å²) in [6.07, 6.45) is 1.67. The van der Waals surface area contributed by atoms with E-state index in [4.69, 9.17) is 18.8 Å². The van der Waals surface area contributed by atoms with Gasteiger partial charge in [-0.3, -0.25) is 0 Å². The van der Waals surface area contributed by atoms with E-state index in [0.29, 0.717) is 11.5 Å². The minimum atomic E-state index is -0.659. The van der Waals surface area contributed by atoms with E-state index in [1.54, 1.807) is 19.3 Å². The van der Waals surface area contributed by atoms with Crippen LogP contribution in [0.2, 0.25) is 0 Å². The molecule has 0 unspecified atom stereocenters. The zero-order valence-corrected chi connectivity index (χ0v) is 12.8. The van der Waals surface area contributed by atoms with E-state index in [2.05, 4.69) is 5.16 Å². The molecule has 0 saturated carbocycles. The van der Waals surface area contributed by atoms with E-state index in [0.717, 1.165) is 5.76 Å². The quantitative estimate of drug-likeness (QED) is 0.383. The van der Waals surface area contributed by atoms with Crippen molar-refractivity contribution in [1.29, 1.82) is 0 Å². The number of oxime groups is 1. The molecule has 2 aromatic heterocycles. The monoisotopic (exact) mass is 305 g/mol. The van der Waals surface area contributed by atoms with E-state index in [9.17, 15) is 4.79 Å². The Labute approximate surface area is 128 Å². The second kappa shape index (κ2) is 6.51. The number of nitrogens with zero attached hydrogens (tertiary/aromatic N) is 1. The lowest BCUT2D eigenvalue weighted by molar-refractivity contribution is -0.135. The molecule has 118 valence electrons. The van der Waals surface area contributed by atoms with Crippen molar-refractivity contribution in [3.05, 3.63) is 47.8 Å². The second-order valence-corrected chi connectivity index (χ2v) is 5.31. The van der Waals surface area contributed by atoms with Gasteiger partial charge < -0.3 is 18.8 Å². The fourth-order valence-electron chi connectivity index (χ4n) is 2.09. The van der Waals surface area contributed by atoms with E-state index < -0.39 is 11.4 Å². The predicted molar refractivity (Wildman–Crippen MR) is 79.1 cm³/mol. The number of carbonyl (C=O) groups is 1. The highest BCUT2D eigenvalue weighted by Gasteiger charge is 2.30. The van der Waals surface area contributed by atoms with Gasteiger partial charge in [0.25, 0.3) is 0 Å². The number of carbonyl (C=O) groups excluding carboxylic acids is 1. The number of rotatable bonds is 6. The van der Waals surface area contributed by atoms with Crippen LogP contribution in [0.4, 0.5) is 0 Å². The average Bonchev–Trinajstić information content (AvgIpc) is 3.16. The van der Waals surface area contributed by atoms with Gasteiger partial charge in [0, 0.05) is 0 Å². The molecule has 0 aromatic carbocycles. The van der Waals surface area contributed by atoms with Crippen molar-refractivity contribution in [1.82, 2.24) is 0 Å². The van der Waals surface area contributed by atoms with Gasteiger partial charge in [-0.1, -0.05) is 5.16 Å². The molecule has 0 aliphatic heterocycles. The standard InChI is InChI=1S/C16H19NO5/c1-4-20-15(18)12(17-19)10-11-7-8-14(22-11)16(2,3)13-6-5-9-21-13/h5-9,19H,4,10H2,1-3H3/b17-12-. The van der Waals surface area contributed by atoms with Crippen LogP contribution in [0.5, 0.6) is 0 Å². The summed E-state index contributed by atoms with van der Waals surface area (Å²) in [5.74, 6) is 1.32. The summed E-state index contributed by atoms with van der Waals surface area (Å²) in [6, 6.07) is 7.25. The maximum absolute atomic E-state index is 11.6. The van der Waals surface area contributed by atoms with Crippen molar-refractivity contribution < 1.29 is 23.6 Å². The van der Waals surface area contributed by atoms with E-state index in [1.807, 2.05) is 32.0 Å². The van der Waals surface area contributed by atoms with Crippen LogP contribution >= 0.6 is 0 Å². The Bertz CT molecular complexity index is 652. The molecule has 0 amide bonds. The molecule has 0 aliphatic rings. The lowest BCUT2D eigenvalue weighted by Crippen LogP contribution is -2.20. The summed E-state index contributed by atoms with van der Waals surface area (Å²) in [5, 5.41) is 11.9. The third-order valence-electron chi connectivity index (χ3n) is 3.39. The Morgan fingerprint density at radius 3 is 2.68 bits per heavy atom. The maximum atomic E-state index is 11.6. The molecular formula is C16H19NO5. The van der Waals surface area contributed by atoms with E-state index >= 15 is 0 Å². The van der Waals surface area contributed by atoms with Gasteiger partial charge in [0.1, 0.15) is 17.3 Å². The Balaban J connectivity index is 2.16. The molecule has 0 fully saturated rings. The van der Waals surface area contributed by atoms with Crippen molar-refractivity contribution in [2.24, 2.45) is 5.16 Å². The summed E-state index contributed by atoms with van der Waals surface area (Å²) in [4.78, 5) is 11.6. The normalized spacial score (nSPS) is 12.4. The number of ether oxygens (including phenoxy) is 1. The van der Waals surface area contributed by atoms with Gasteiger partial charge in [0.15, 0.2) is 5.71 Å². The van der Waals surface area contributed by atoms with Crippen molar-refractivity contribution in [2.45, 2.75) is 32.6 Å². The summed E-state index contributed by atoms with van der Waals surface area (Å²) in [7, 11) is 0. The molecule has 0 saturated heterocycles. The van der Waals surface area contributed by atoms with Crippen LogP contribution in [-0.4, -0.2) is 23.5 Å². The smallest absolute Gasteiger partial charge is 0.356 e. The fourth-order valence-corrected chi connectivity index (χ4v) is 2.09. The molecule has 2 aromatic rings. The van der Waals surface area contributed by atoms with Crippen molar-refractivity contribution in [2.75, 3.05) is 6.61 Å². The van der Waals surface area contributed by atoms with Crippen LogP contribution in [0.3, 0.4) is 0 Å². The topological polar surface area (TPSA) is 85.2 Å². The predicted octanol–water partition coefficient (Wildman–Crippen LogP) is 3.13. The minimum Gasteiger partial charge on any atom is -0.468 e. The Kier molecular flexibility index (Phi) is 4.70. The van der Waals surface area contributed by atoms with Gasteiger partial charge in [0.05, 0.1) is 24.7 Å². The third kappa shape index (κ3) is 3.21. The van der Waals surface area contributed by atoms with Crippen molar-refractivity contribution in [3.63, 3.8) is 0 Å². The molecule has 1 N–H and O–H groups in total. The molecule has 0 radical (unpaired) electrons. The summed E-state index contributed by atoms with van der Waals surface area (Å²) >= 11 is 0. The zero-order chi connectivity index (χ0) is 16.2. The first-order chi connectivity index (χ1) is 10.5. The molecule has 22 heavy (non-hydrogen) atoms. The average molecular weight is 305 g/mol. The highest BCUT2D eigenvalue weighted by Crippen LogP contribution is 2.33. The van der Waals surface area contributed by atoms with Crippen LogP contribution < -0.4 is 0 Å². The third-order valence-corrected chi connectivity index (χ3v) is 3.39. The van der Waals surface area contributed by atoms with Gasteiger partial charge in [-0.15, -0.1) is 0 Å². The number of furan rings is 2. The van der Waals surface area contributed by atoms with E-state index in [1.165, 1.54) is 0 Å². The van der Waals surface area contributed by atoms with E-state index in [-0.39, 0.29) is 18.7 Å². The van der Waals surface area contributed by atoms with Gasteiger partial charge in [-0.05, 0) is 45.0 Å². The molecule has 6 nitrogen and oxygen atoms in total. The fraction of sp³-hybridized carbons (Fsp3) is 0.375. The molecule has 6 heteroatoms. The largest absolute Gasteiger partial charge is 0.468 e. The molecule has 0 aliphatic carbocycles. The summed E-state index contributed by atoms with van der Waals surface area (Å²) < 4.78 is 16.0. The molecule has 0 atom stereocenters. The van der Waals surface area contributed by atoms with Crippen LogP contribution in [0.15, 0.2) is 44.5 Å². The first-order valence-corrected chi connectivity index (χ1v) is 7.00. The number of esters is 1. The maximum Gasteiger partial charge on any atom is 0.356 e. The van der Waals surface area contributed by atoms with Gasteiger partial charge in [0.2, 0.25) is 0 Å². The first kappa shape index (κ1) is 15.9.